The number of hydrogen-bond donors (Lipinski definition) is 0. The van der Waals surface area contributed by atoms with E-state index in [0.717, 1.165) is 32.6 Å². The van der Waals surface area contributed by atoms with Crippen molar-refractivity contribution in [3.05, 3.63) is 34.9 Å². The van der Waals surface area contributed by atoms with E-state index in [-0.39, 0.29) is 0 Å². The molecule has 0 aliphatic carbocycles. The Balaban J connectivity index is 2.16. The molecule has 0 atom stereocenters. The van der Waals surface area contributed by atoms with Crippen LogP contribution in [0.2, 0.25) is 0 Å². The second kappa shape index (κ2) is 6.14. The summed E-state index contributed by atoms with van der Waals surface area (Å²) in [4.78, 5) is 4.34. The molecule has 1 aromatic rings. The van der Waals surface area contributed by atoms with Crippen LogP contribution in [0.4, 0.5) is 13.2 Å². The summed E-state index contributed by atoms with van der Waals surface area (Å²) in [5.41, 5.74) is 0.541. The lowest BCUT2D eigenvalue weighted by molar-refractivity contribution is -0.138. The second-order valence-corrected chi connectivity index (χ2v) is 5.59. The van der Waals surface area contributed by atoms with Crippen LogP contribution >= 0.6 is 0 Å². The number of rotatable bonds is 2. The maximum absolute atomic E-state index is 13.1. The first-order valence-corrected chi connectivity index (χ1v) is 6.94. The van der Waals surface area contributed by atoms with Gasteiger partial charge in [-0.3, -0.25) is 4.90 Å². The largest absolute Gasteiger partial charge is 0.416 e. The molecule has 0 saturated carbocycles. The van der Waals surface area contributed by atoms with Crippen LogP contribution in [0.1, 0.15) is 23.1 Å². The third-order valence-corrected chi connectivity index (χ3v) is 3.78. The SMILES string of the molecule is Cc1ccc(CN2CCCN(C)CC2)c(C(F)(F)F)c1. The normalized spacial score (nSPS) is 19.1. The predicted molar refractivity (Wildman–Crippen MR) is 73.6 cm³/mol. The van der Waals surface area contributed by atoms with Gasteiger partial charge in [0, 0.05) is 19.6 Å². The average molecular weight is 286 g/mol. The number of benzene rings is 1. The van der Waals surface area contributed by atoms with Gasteiger partial charge in [-0.2, -0.15) is 13.2 Å². The van der Waals surface area contributed by atoms with E-state index in [9.17, 15) is 13.2 Å². The van der Waals surface area contributed by atoms with Crippen LogP contribution in [0.25, 0.3) is 0 Å². The third-order valence-electron chi connectivity index (χ3n) is 3.78. The minimum atomic E-state index is -4.27. The molecule has 2 rings (SSSR count). The zero-order valence-electron chi connectivity index (χ0n) is 12.0. The van der Waals surface area contributed by atoms with Crippen molar-refractivity contribution in [3.63, 3.8) is 0 Å². The number of likely N-dealkylation sites (N-methyl/N-ethyl adjacent to an activating group) is 1. The smallest absolute Gasteiger partial charge is 0.305 e. The van der Waals surface area contributed by atoms with Gasteiger partial charge in [0.05, 0.1) is 5.56 Å². The van der Waals surface area contributed by atoms with Crippen molar-refractivity contribution < 1.29 is 13.2 Å². The number of nitrogens with zero attached hydrogens (tertiary/aromatic N) is 2. The van der Waals surface area contributed by atoms with Crippen molar-refractivity contribution in [2.75, 3.05) is 33.2 Å². The van der Waals surface area contributed by atoms with Crippen LogP contribution < -0.4 is 0 Å². The summed E-state index contributed by atoms with van der Waals surface area (Å²) < 4.78 is 39.3. The fourth-order valence-corrected chi connectivity index (χ4v) is 2.59. The topological polar surface area (TPSA) is 6.48 Å². The highest BCUT2D eigenvalue weighted by molar-refractivity contribution is 5.33. The van der Waals surface area contributed by atoms with Crippen LogP contribution in [0.15, 0.2) is 18.2 Å². The Labute approximate surface area is 118 Å². The third kappa shape index (κ3) is 3.96. The highest BCUT2D eigenvalue weighted by atomic mass is 19.4. The van der Waals surface area contributed by atoms with Crippen molar-refractivity contribution in [1.29, 1.82) is 0 Å². The summed E-state index contributed by atoms with van der Waals surface area (Å²) >= 11 is 0. The molecular weight excluding hydrogens is 265 g/mol. The van der Waals surface area contributed by atoms with Gasteiger partial charge < -0.3 is 4.90 Å². The maximum atomic E-state index is 13.1. The van der Waals surface area contributed by atoms with Crippen LogP contribution in [0, 0.1) is 6.92 Å². The lowest BCUT2D eigenvalue weighted by Crippen LogP contribution is -2.29. The Hall–Kier alpha value is -1.07. The molecule has 0 N–H and O–H groups in total. The Kier molecular flexibility index (Phi) is 4.70. The highest BCUT2D eigenvalue weighted by Crippen LogP contribution is 2.33. The predicted octanol–water partition coefficient (Wildman–Crippen LogP) is 3.15. The van der Waals surface area contributed by atoms with Gasteiger partial charge in [0.25, 0.3) is 0 Å². The maximum Gasteiger partial charge on any atom is 0.416 e. The molecule has 0 spiro atoms. The van der Waals surface area contributed by atoms with Gasteiger partial charge in [0.2, 0.25) is 0 Å². The minimum Gasteiger partial charge on any atom is -0.305 e. The summed E-state index contributed by atoms with van der Waals surface area (Å²) in [6.45, 7) is 5.67. The molecule has 1 heterocycles. The lowest BCUT2D eigenvalue weighted by atomic mass is 10.0. The van der Waals surface area contributed by atoms with Gasteiger partial charge in [0.1, 0.15) is 0 Å². The van der Waals surface area contributed by atoms with Crippen LogP contribution in [-0.2, 0) is 12.7 Å². The summed E-state index contributed by atoms with van der Waals surface area (Å²) in [7, 11) is 2.05. The monoisotopic (exact) mass is 286 g/mol. The van der Waals surface area contributed by atoms with E-state index in [1.54, 1.807) is 19.1 Å². The van der Waals surface area contributed by atoms with Gasteiger partial charge in [-0.15, -0.1) is 0 Å². The van der Waals surface area contributed by atoms with E-state index < -0.39 is 11.7 Å². The van der Waals surface area contributed by atoms with E-state index in [0.29, 0.717) is 17.7 Å². The van der Waals surface area contributed by atoms with E-state index in [4.69, 9.17) is 0 Å². The van der Waals surface area contributed by atoms with E-state index in [2.05, 4.69) is 16.8 Å². The molecule has 0 amide bonds. The van der Waals surface area contributed by atoms with Crippen molar-refractivity contribution in [3.8, 4) is 0 Å². The van der Waals surface area contributed by atoms with Gasteiger partial charge in [-0.25, -0.2) is 0 Å². The van der Waals surface area contributed by atoms with Crippen LogP contribution in [0.5, 0.6) is 0 Å². The fraction of sp³-hybridized carbons (Fsp3) is 0.600. The highest BCUT2D eigenvalue weighted by Gasteiger charge is 2.33. The number of alkyl halides is 3. The summed E-state index contributed by atoms with van der Waals surface area (Å²) in [5.74, 6) is 0. The average Bonchev–Trinajstić information content (AvgIpc) is 2.55. The number of hydrogen-bond acceptors (Lipinski definition) is 2. The molecular formula is C15H21F3N2. The van der Waals surface area contributed by atoms with Gasteiger partial charge >= 0.3 is 6.18 Å². The Bertz CT molecular complexity index is 457. The molecule has 0 unspecified atom stereocenters. The van der Waals surface area contributed by atoms with Crippen molar-refractivity contribution >= 4 is 0 Å². The molecule has 2 nitrogen and oxygen atoms in total. The first kappa shape index (κ1) is 15.3. The molecule has 1 saturated heterocycles. The van der Waals surface area contributed by atoms with Gasteiger partial charge in [-0.1, -0.05) is 17.7 Å². The molecule has 1 aliphatic heterocycles. The van der Waals surface area contributed by atoms with Crippen LogP contribution in [0.3, 0.4) is 0 Å². The fourth-order valence-electron chi connectivity index (χ4n) is 2.59. The molecule has 0 radical (unpaired) electrons. The first-order chi connectivity index (χ1) is 9.36. The molecule has 1 fully saturated rings. The van der Waals surface area contributed by atoms with E-state index >= 15 is 0 Å². The molecule has 0 aromatic heterocycles. The Morgan fingerprint density at radius 2 is 1.85 bits per heavy atom. The molecule has 112 valence electrons. The van der Waals surface area contributed by atoms with Gasteiger partial charge in [-0.05, 0) is 45.1 Å². The molecule has 1 aromatic carbocycles. The minimum absolute atomic E-state index is 0.378. The van der Waals surface area contributed by atoms with Crippen molar-refractivity contribution in [2.45, 2.75) is 26.1 Å². The molecule has 20 heavy (non-hydrogen) atoms. The van der Waals surface area contributed by atoms with E-state index in [1.807, 2.05) is 0 Å². The standard InChI is InChI=1S/C15H21F3N2/c1-12-4-5-13(14(10-12)15(16,17)18)11-20-7-3-6-19(2)8-9-20/h4-5,10H,3,6-9,11H2,1-2H3. The molecule has 1 aliphatic rings. The lowest BCUT2D eigenvalue weighted by Gasteiger charge is -2.22. The van der Waals surface area contributed by atoms with Crippen molar-refractivity contribution in [1.82, 2.24) is 9.80 Å². The summed E-state index contributed by atoms with van der Waals surface area (Å²) in [6, 6.07) is 4.63. The number of aryl methyl sites for hydroxylation is 1. The first-order valence-electron chi connectivity index (χ1n) is 6.94. The Morgan fingerprint density at radius 1 is 1.10 bits per heavy atom. The quantitative estimate of drug-likeness (QED) is 0.824. The summed E-state index contributed by atoms with van der Waals surface area (Å²) in [6.07, 6.45) is -3.27. The second-order valence-electron chi connectivity index (χ2n) is 5.59. The molecule has 5 heteroatoms. The zero-order chi connectivity index (χ0) is 14.8. The van der Waals surface area contributed by atoms with Gasteiger partial charge in [0.15, 0.2) is 0 Å². The van der Waals surface area contributed by atoms with Crippen molar-refractivity contribution in [2.24, 2.45) is 0 Å². The zero-order valence-corrected chi connectivity index (χ0v) is 12.0. The number of halogens is 3. The summed E-state index contributed by atoms with van der Waals surface area (Å²) in [5, 5.41) is 0. The van der Waals surface area contributed by atoms with Crippen LogP contribution in [-0.4, -0.2) is 43.0 Å². The van der Waals surface area contributed by atoms with E-state index in [1.165, 1.54) is 6.07 Å². The Morgan fingerprint density at radius 3 is 2.55 bits per heavy atom. The molecule has 0 bridgehead atoms.